The maximum Gasteiger partial charge on any atom is 0.201 e. The fraction of sp³-hybridized carbons (Fsp3) is 0.222. The number of alkyl halides is 1. The molecule has 1 heterocycles. The Bertz CT molecular complexity index is 466. The van der Waals surface area contributed by atoms with Gasteiger partial charge in [0.25, 0.3) is 0 Å². The molecule has 2 rings (SSSR count). The van der Waals surface area contributed by atoms with Gasteiger partial charge < -0.3 is 10.3 Å². The summed E-state index contributed by atoms with van der Waals surface area (Å²) in [4.78, 5) is 4.25. The predicted molar refractivity (Wildman–Crippen MR) is 63.0 cm³/mol. The van der Waals surface area contributed by atoms with E-state index in [4.69, 9.17) is 17.3 Å². The van der Waals surface area contributed by atoms with E-state index < -0.39 is 0 Å². The third-order valence-corrected chi connectivity index (χ3v) is 2.41. The van der Waals surface area contributed by atoms with Gasteiger partial charge in [0.1, 0.15) is 7.85 Å². The molecule has 0 aliphatic heterocycles. The van der Waals surface area contributed by atoms with Gasteiger partial charge in [-0.05, 0) is 12.1 Å². The number of benzene rings is 1. The van der Waals surface area contributed by atoms with E-state index in [-0.39, 0.29) is 0 Å². The van der Waals surface area contributed by atoms with Crippen LogP contribution in [0.4, 0.5) is 5.95 Å². The highest BCUT2D eigenvalue weighted by molar-refractivity contribution is 6.33. The lowest BCUT2D eigenvalue weighted by Gasteiger charge is -2.03. The number of anilines is 1. The van der Waals surface area contributed by atoms with E-state index in [1.54, 1.807) is 0 Å². The maximum absolute atomic E-state index is 5.78. The highest BCUT2D eigenvalue weighted by Gasteiger charge is 2.06. The highest BCUT2D eigenvalue weighted by Crippen LogP contribution is 2.16. The van der Waals surface area contributed by atoms with Crippen LogP contribution in [0.1, 0.15) is 0 Å². The molecule has 1 aromatic heterocycles. The molecule has 2 N–H and O–H groups in total. The number of hydrogen-bond acceptors (Lipinski definition) is 2. The van der Waals surface area contributed by atoms with E-state index >= 15 is 0 Å². The van der Waals surface area contributed by atoms with Crippen LogP contribution in [0.5, 0.6) is 0 Å². The minimum Gasteiger partial charge on any atom is -0.369 e. The average molecular weight is 207 g/mol. The second-order valence-corrected chi connectivity index (χ2v) is 3.68. The Balaban J connectivity index is 2.66. The predicted octanol–water partition coefficient (Wildman–Crippen LogP) is 0.116. The fourth-order valence-corrected chi connectivity index (χ4v) is 1.74. The number of aryl methyl sites for hydroxylation is 1. The molecule has 1 aromatic carbocycles. The van der Waals surface area contributed by atoms with E-state index in [1.807, 2.05) is 24.5 Å². The highest BCUT2D eigenvalue weighted by atomic mass is 35.5. The number of halogens is 1. The number of imidazole rings is 1. The average Bonchev–Trinajstić information content (AvgIpc) is 2.45. The number of rotatable bonds is 2. The Labute approximate surface area is 88.3 Å². The second-order valence-electron chi connectivity index (χ2n) is 3.30. The molecule has 0 fully saturated rings. The number of fused-ring (bicyclic) bond motifs is 1. The van der Waals surface area contributed by atoms with Crippen LogP contribution >= 0.6 is 11.6 Å². The van der Waals surface area contributed by atoms with Crippen LogP contribution in [0.3, 0.4) is 0 Å². The zero-order valence-electron chi connectivity index (χ0n) is 8.00. The lowest BCUT2D eigenvalue weighted by molar-refractivity contribution is 0.806. The zero-order valence-corrected chi connectivity index (χ0v) is 8.75. The van der Waals surface area contributed by atoms with Crippen LogP contribution in [0.15, 0.2) is 18.2 Å². The quantitative estimate of drug-likeness (QED) is 0.561. The van der Waals surface area contributed by atoms with Crippen LogP contribution in [0.25, 0.3) is 11.0 Å². The normalized spacial score (nSPS) is 10.9. The molecule has 0 saturated heterocycles. The number of hydrogen-bond donors (Lipinski definition) is 1. The molecule has 0 unspecified atom stereocenters. The van der Waals surface area contributed by atoms with Crippen molar-refractivity contribution in [1.29, 1.82) is 0 Å². The molecule has 0 aliphatic carbocycles. The molecule has 0 amide bonds. The molecule has 0 aliphatic rings. The Morgan fingerprint density at radius 2 is 2.29 bits per heavy atom. The smallest absolute Gasteiger partial charge is 0.201 e. The van der Waals surface area contributed by atoms with Crippen molar-refractivity contribution < 1.29 is 0 Å². The van der Waals surface area contributed by atoms with Gasteiger partial charge in [-0.15, -0.1) is 11.6 Å². The molecular formula is C9H11BClN3. The van der Waals surface area contributed by atoms with E-state index in [0.717, 1.165) is 11.0 Å². The molecule has 72 valence electrons. The SMILES string of the molecule is Bc1ccc2nc(N)n(CCCl)c2c1. The first kappa shape index (κ1) is 9.40. The molecule has 0 saturated carbocycles. The van der Waals surface area contributed by atoms with Gasteiger partial charge in [0.2, 0.25) is 5.95 Å². The summed E-state index contributed by atoms with van der Waals surface area (Å²) in [5.41, 5.74) is 8.97. The summed E-state index contributed by atoms with van der Waals surface area (Å²) in [6.07, 6.45) is 0. The standard InChI is InChI=1S/C9H11BClN3/c10-6-1-2-7-8(5-6)14(4-3-11)9(12)13-7/h1-2,5H,3-4,10H2,(H2,12,13). The van der Waals surface area contributed by atoms with Crippen molar-refractivity contribution in [2.24, 2.45) is 0 Å². The number of nitrogen functional groups attached to an aromatic ring is 1. The van der Waals surface area contributed by atoms with Crippen LogP contribution in [-0.2, 0) is 6.54 Å². The summed E-state index contributed by atoms with van der Waals surface area (Å²) in [6, 6.07) is 6.08. The van der Waals surface area contributed by atoms with Crippen molar-refractivity contribution in [1.82, 2.24) is 9.55 Å². The fourth-order valence-electron chi connectivity index (χ4n) is 1.57. The van der Waals surface area contributed by atoms with Crippen molar-refractivity contribution in [3.8, 4) is 0 Å². The Hall–Kier alpha value is -1.16. The minimum atomic E-state index is 0.534. The van der Waals surface area contributed by atoms with Crippen molar-refractivity contribution in [3.63, 3.8) is 0 Å². The summed E-state index contributed by atoms with van der Waals surface area (Å²) in [5, 5.41) is 0. The lowest BCUT2D eigenvalue weighted by atomic mass is 9.96. The van der Waals surface area contributed by atoms with Gasteiger partial charge in [0.15, 0.2) is 0 Å². The molecule has 5 heteroatoms. The van der Waals surface area contributed by atoms with E-state index in [1.165, 1.54) is 5.46 Å². The minimum absolute atomic E-state index is 0.534. The maximum atomic E-state index is 5.78. The molecule has 14 heavy (non-hydrogen) atoms. The van der Waals surface area contributed by atoms with Gasteiger partial charge in [-0.1, -0.05) is 11.5 Å². The van der Waals surface area contributed by atoms with Gasteiger partial charge in [0, 0.05) is 12.4 Å². The van der Waals surface area contributed by atoms with Gasteiger partial charge in [-0.3, -0.25) is 0 Å². The molecule has 0 bridgehead atoms. The lowest BCUT2D eigenvalue weighted by Crippen LogP contribution is -2.06. The topological polar surface area (TPSA) is 43.8 Å². The van der Waals surface area contributed by atoms with Gasteiger partial charge >= 0.3 is 0 Å². The van der Waals surface area contributed by atoms with Crippen LogP contribution < -0.4 is 11.2 Å². The number of nitrogens with zero attached hydrogens (tertiary/aromatic N) is 2. The van der Waals surface area contributed by atoms with E-state index in [0.29, 0.717) is 18.4 Å². The van der Waals surface area contributed by atoms with Crippen molar-refractivity contribution in [3.05, 3.63) is 18.2 Å². The molecular weight excluding hydrogens is 196 g/mol. The molecule has 0 radical (unpaired) electrons. The number of aromatic nitrogens is 2. The van der Waals surface area contributed by atoms with Gasteiger partial charge in [-0.25, -0.2) is 4.98 Å². The summed E-state index contributed by atoms with van der Waals surface area (Å²) in [5.74, 6) is 1.08. The summed E-state index contributed by atoms with van der Waals surface area (Å²) < 4.78 is 1.94. The first-order valence-electron chi connectivity index (χ1n) is 4.50. The van der Waals surface area contributed by atoms with Crippen molar-refractivity contribution in [2.45, 2.75) is 6.54 Å². The zero-order chi connectivity index (χ0) is 10.1. The molecule has 2 aromatic rings. The Kier molecular flexibility index (Phi) is 2.38. The summed E-state index contributed by atoms with van der Waals surface area (Å²) in [7, 11) is 2.05. The van der Waals surface area contributed by atoms with Crippen LogP contribution in [-0.4, -0.2) is 23.3 Å². The first-order valence-corrected chi connectivity index (χ1v) is 5.04. The summed E-state index contributed by atoms with van der Waals surface area (Å²) in [6.45, 7) is 0.702. The number of nitrogens with two attached hydrogens (primary N) is 1. The van der Waals surface area contributed by atoms with Crippen LogP contribution in [0, 0.1) is 0 Å². The van der Waals surface area contributed by atoms with Crippen molar-refractivity contribution in [2.75, 3.05) is 11.6 Å². The molecule has 0 spiro atoms. The second kappa shape index (κ2) is 3.54. The Morgan fingerprint density at radius 1 is 1.50 bits per heavy atom. The van der Waals surface area contributed by atoms with Gasteiger partial charge in [0.05, 0.1) is 11.0 Å². The van der Waals surface area contributed by atoms with Crippen molar-refractivity contribution >= 4 is 41.9 Å². The third kappa shape index (κ3) is 1.46. The third-order valence-electron chi connectivity index (χ3n) is 2.24. The summed E-state index contributed by atoms with van der Waals surface area (Å²) >= 11 is 5.70. The monoisotopic (exact) mass is 207 g/mol. The first-order chi connectivity index (χ1) is 6.72. The Morgan fingerprint density at radius 3 is 3.00 bits per heavy atom. The van der Waals surface area contributed by atoms with E-state index in [9.17, 15) is 0 Å². The largest absolute Gasteiger partial charge is 0.369 e. The van der Waals surface area contributed by atoms with Crippen LogP contribution in [0.2, 0.25) is 0 Å². The molecule has 0 atom stereocenters. The van der Waals surface area contributed by atoms with Gasteiger partial charge in [-0.2, -0.15) is 0 Å². The molecule has 3 nitrogen and oxygen atoms in total. The van der Waals surface area contributed by atoms with E-state index in [2.05, 4.69) is 11.1 Å².